The molecule has 1 aromatic carbocycles. The molecule has 1 fully saturated rings. The quantitative estimate of drug-likeness (QED) is 0.777. The summed E-state index contributed by atoms with van der Waals surface area (Å²) in [5.41, 5.74) is 1.04. The molecule has 8 heteroatoms. The van der Waals surface area contributed by atoms with Gasteiger partial charge in [-0.3, -0.25) is 9.10 Å². The van der Waals surface area contributed by atoms with Crippen molar-refractivity contribution in [2.45, 2.75) is 26.7 Å². The topological polar surface area (TPSA) is 66.9 Å². The Balaban J connectivity index is 2.32. The molecule has 1 aliphatic rings. The summed E-state index contributed by atoms with van der Waals surface area (Å²) in [5.74, 6) is 0.710. The van der Waals surface area contributed by atoms with Crippen LogP contribution in [0.2, 0.25) is 5.02 Å². The van der Waals surface area contributed by atoms with E-state index in [9.17, 15) is 13.2 Å². The third kappa shape index (κ3) is 4.79. The monoisotopic (exact) mass is 388 g/mol. The number of anilines is 1. The molecule has 2 rings (SSSR count). The average molecular weight is 389 g/mol. The van der Waals surface area contributed by atoms with Crippen molar-refractivity contribution in [3.63, 3.8) is 0 Å². The van der Waals surface area contributed by atoms with Gasteiger partial charge in [0, 0.05) is 24.2 Å². The number of hydrogen-bond acceptors (Lipinski definition) is 4. The lowest BCUT2D eigenvalue weighted by atomic mass is 9.99. The van der Waals surface area contributed by atoms with Crippen molar-refractivity contribution in [2.24, 2.45) is 5.92 Å². The first-order valence-electron chi connectivity index (χ1n) is 8.23. The second-order valence-electron chi connectivity index (χ2n) is 6.61. The Kier molecular flexibility index (Phi) is 6.21. The van der Waals surface area contributed by atoms with Crippen molar-refractivity contribution in [1.82, 2.24) is 4.90 Å². The lowest BCUT2D eigenvalue weighted by molar-refractivity contribution is -0.130. The van der Waals surface area contributed by atoms with E-state index in [1.165, 1.54) is 7.11 Å². The fraction of sp³-hybridized carbons (Fsp3) is 0.588. The number of piperidine rings is 1. The van der Waals surface area contributed by atoms with Gasteiger partial charge in [0.15, 0.2) is 0 Å². The average Bonchev–Trinajstić information content (AvgIpc) is 2.54. The zero-order chi connectivity index (χ0) is 18.8. The first kappa shape index (κ1) is 19.8. The van der Waals surface area contributed by atoms with E-state index in [1.807, 2.05) is 0 Å². The summed E-state index contributed by atoms with van der Waals surface area (Å²) in [6, 6.07) is 3.20. The van der Waals surface area contributed by atoms with Gasteiger partial charge in [-0.25, -0.2) is 8.42 Å². The molecule has 1 saturated heterocycles. The molecule has 0 radical (unpaired) electrons. The van der Waals surface area contributed by atoms with Gasteiger partial charge in [0.25, 0.3) is 0 Å². The summed E-state index contributed by atoms with van der Waals surface area (Å²) in [5, 5.41) is 0.477. The van der Waals surface area contributed by atoms with Crippen LogP contribution in [0, 0.1) is 12.8 Å². The van der Waals surface area contributed by atoms with E-state index in [4.69, 9.17) is 16.3 Å². The van der Waals surface area contributed by atoms with Crippen LogP contribution in [0.5, 0.6) is 5.75 Å². The van der Waals surface area contributed by atoms with Crippen molar-refractivity contribution in [3.05, 3.63) is 22.7 Å². The van der Waals surface area contributed by atoms with Gasteiger partial charge in [-0.05, 0) is 37.3 Å². The lowest BCUT2D eigenvalue weighted by Gasteiger charge is -2.32. The van der Waals surface area contributed by atoms with Crippen LogP contribution in [0.25, 0.3) is 0 Å². The molecule has 0 bridgehead atoms. The van der Waals surface area contributed by atoms with Crippen molar-refractivity contribution in [3.8, 4) is 5.75 Å². The highest BCUT2D eigenvalue weighted by atomic mass is 35.5. The van der Waals surface area contributed by atoms with Crippen molar-refractivity contribution in [1.29, 1.82) is 0 Å². The number of rotatable bonds is 5. The van der Waals surface area contributed by atoms with E-state index in [1.54, 1.807) is 24.0 Å². The molecule has 0 spiro atoms. The Morgan fingerprint density at radius 3 is 2.48 bits per heavy atom. The number of halogens is 1. The Morgan fingerprint density at radius 1 is 1.36 bits per heavy atom. The number of amides is 1. The maximum Gasteiger partial charge on any atom is 0.243 e. The predicted octanol–water partition coefficient (Wildman–Crippen LogP) is 2.68. The maximum atomic E-state index is 12.6. The number of carbonyl (C=O) groups is 1. The Hall–Kier alpha value is -1.47. The fourth-order valence-electron chi connectivity index (χ4n) is 2.87. The Bertz CT molecular complexity index is 743. The number of sulfonamides is 1. The number of hydrogen-bond donors (Lipinski definition) is 0. The zero-order valence-corrected chi connectivity index (χ0v) is 16.7. The second-order valence-corrected chi connectivity index (χ2v) is 8.92. The molecule has 0 aromatic heterocycles. The van der Waals surface area contributed by atoms with E-state index in [0.29, 0.717) is 41.0 Å². The standard InChI is InChI=1S/C17H25ClN2O4S/c1-12-5-7-19(8-6-12)17(21)11-20(25(4,22)23)15-9-13(2)14(18)10-16(15)24-3/h9-10,12H,5-8,11H2,1-4H3. The SMILES string of the molecule is COc1cc(Cl)c(C)cc1N(CC(=O)N1CCC(C)CC1)S(C)(=O)=O. The molecule has 0 atom stereocenters. The molecular formula is C17H25ClN2O4S. The first-order chi connectivity index (χ1) is 11.6. The van der Waals surface area contributed by atoms with Gasteiger partial charge < -0.3 is 9.64 Å². The zero-order valence-electron chi connectivity index (χ0n) is 15.1. The molecule has 0 unspecified atom stereocenters. The van der Waals surface area contributed by atoms with Gasteiger partial charge in [-0.2, -0.15) is 0 Å². The van der Waals surface area contributed by atoms with Gasteiger partial charge in [0.2, 0.25) is 15.9 Å². The van der Waals surface area contributed by atoms with Gasteiger partial charge in [0.1, 0.15) is 12.3 Å². The summed E-state index contributed by atoms with van der Waals surface area (Å²) in [4.78, 5) is 14.4. The molecule has 25 heavy (non-hydrogen) atoms. The van der Waals surface area contributed by atoms with Crippen LogP contribution in [0.3, 0.4) is 0 Å². The third-order valence-electron chi connectivity index (χ3n) is 4.54. The van der Waals surface area contributed by atoms with E-state index < -0.39 is 10.0 Å². The molecular weight excluding hydrogens is 364 g/mol. The Labute approximate surface area is 154 Å². The summed E-state index contributed by atoms with van der Waals surface area (Å²) >= 11 is 6.10. The lowest BCUT2D eigenvalue weighted by Crippen LogP contribution is -2.45. The molecule has 1 aliphatic heterocycles. The third-order valence-corrected chi connectivity index (χ3v) is 6.08. The molecule has 0 saturated carbocycles. The largest absolute Gasteiger partial charge is 0.494 e. The highest BCUT2D eigenvalue weighted by molar-refractivity contribution is 7.92. The van der Waals surface area contributed by atoms with Crippen LogP contribution >= 0.6 is 11.6 Å². The van der Waals surface area contributed by atoms with Crippen LogP contribution in [0.15, 0.2) is 12.1 Å². The number of benzene rings is 1. The molecule has 0 N–H and O–H groups in total. The van der Waals surface area contributed by atoms with Crippen LogP contribution in [0.1, 0.15) is 25.3 Å². The van der Waals surface area contributed by atoms with Crippen LogP contribution in [-0.4, -0.2) is 52.2 Å². The van der Waals surface area contributed by atoms with Crippen LogP contribution in [0.4, 0.5) is 5.69 Å². The predicted molar refractivity (Wildman–Crippen MR) is 99.9 cm³/mol. The smallest absolute Gasteiger partial charge is 0.243 e. The second kappa shape index (κ2) is 7.83. The minimum Gasteiger partial charge on any atom is -0.494 e. The Morgan fingerprint density at radius 2 is 1.96 bits per heavy atom. The minimum absolute atomic E-state index is 0.202. The molecule has 140 valence electrons. The summed E-state index contributed by atoms with van der Waals surface area (Å²) in [6.45, 7) is 5.01. The van der Waals surface area contributed by atoms with E-state index in [0.717, 1.165) is 23.4 Å². The molecule has 1 heterocycles. The van der Waals surface area contributed by atoms with E-state index in [-0.39, 0.29) is 12.5 Å². The normalized spacial score (nSPS) is 16.0. The summed E-state index contributed by atoms with van der Waals surface area (Å²) in [6.07, 6.45) is 2.96. The number of aryl methyl sites for hydroxylation is 1. The summed E-state index contributed by atoms with van der Waals surface area (Å²) in [7, 11) is -2.22. The number of methoxy groups -OCH3 is 1. The highest BCUT2D eigenvalue weighted by Gasteiger charge is 2.28. The summed E-state index contributed by atoms with van der Waals surface area (Å²) < 4.78 is 31.0. The van der Waals surface area contributed by atoms with E-state index >= 15 is 0 Å². The van der Waals surface area contributed by atoms with Gasteiger partial charge in [0.05, 0.1) is 19.1 Å². The van der Waals surface area contributed by atoms with Crippen molar-refractivity contribution in [2.75, 3.05) is 37.3 Å². The van der Waals surface area contributed by atoms with E-state index in [2.05, 4.69) is 6.92 Å². The first-order valence-corrected chi connectivity index (χ1v) is 10.5. The van der Waals surface area contributed by atoms with Crippen LogP contribution < -0.4 is 9.04 Å². The van der Waals surface area contributed by atoms with Crippen molar-refractivity contribution < 1.29 is 17.9 Å². The fourth-order valence-corrected chi connectivity index (χ4v) is 3.87. The highest BCUT2D eigenvalue weighted by Crippen LogP contribution is 2.35. The van der Waals surface area contributed by atoms with Gasteiger partial charge >= 0.3 is 0 Å². The van der Waals surface area contributed by atoms with Gasteiger partial charge in [-0.1, -0.05) is 18.5 Å². The minimum atomic E-state index is -3.66. The molecule has 6 nitrogen and oxygen atoms in total. The number of ether oxygens (including phenoxy) is 1. The molecule has 0 aliphatic carbocycles. The molecule has 1 amide bonds. The van der Waals surface area contributed by atoms with Crippen LogP contribution in [-0.2, 0) is 14.8 Å². The van der Waals surface area contributed by atoms with Crippen molar-refractivity contribution >= 4 is 33.2 Å². The maximum absolute atomic E-state index is 12.6. The van der Waals surface area contributed by atoms with Gasteiger partial charge in [-0.15, -0.1) is 0 Å². The number of carbonyl (C=O) groups excluding carboxylic acids is 1. The number of nitrogens with zero attached hydrogens (tertiary/aromatic N) is 2. The molecule has 1 aromatic rings. The number of likely N-dealkylation sites (tertiary alicyclic amines) is 1.